The van der Waals surface area contributed by atoms with Crippen LogP contribution in [-0.2, 0) is 0 Å². The molecule has 2 atom stereocenters. The molecule has 1 saturated carbocycles. The lowest BCUT2D eigenvalue weighted by molar-refractivity contribution is 0.595. The molecule has 4 heteroatoms. The highest BCUT2D eigenvalue weighted by molar-refractivity contribution is 5.33. The monoisotopic (exact) mass is 228 g/mol. The van der Waals surface area contributed by atoms with E-state index in [9.17, 15) is 0 Å². The lowest BCUT2D eigenvalue weighted by atomic mass is 10.1. The van der Waals surface area contributed by atoms with Crippen molar-refractivity contribution in [2.24, 2.45) is 11.1 Å². The molecule has 1 aromatic carbocycles. The standard InChI is InChI=1S/C13H16N4/c1-13(2)11(12(13)14)10-8-17(16-15-10)9-6-4-3-5-7-9/h3-8,11-12H,14H2,1-2H3. The topological polar surface area (TPSA) is 56.7 Å². The zero-order chi connectivity index (χ0) is 12.0. The van der Waals surface area contributed by atoms with Crippen molar-refractivity contribution in [3.8, 4) is 5.69 Å². The Bertz CT molecular complexity index is 529. The zero-order valence-corrected chi connectivity index (χ0v) is 10.0. The first-order valence-electron chi connectivity index (χ1n) is 5.84. The van der Waals surface area contributed by atoms with Gasteiger partial charge in [0.25, 0.3) is 0 Å². The summed E-state index contributed by atoms with van der Waals surface area (Å²) in [5.74, 6) is 0.333. The Morgan fingerprint density at radius 3 is 2.47 bits per heavy atom. The first-order valence-corrected chi connectivity index (χ1v) is 5.84. The van der Waals surface area contributed by atoms with Crippen LogP contribution in [-0.4, -0.2) is 21.0 Å². The van der Waals surface area contributed by atoms with Crippen LogP contribution in [0.25, 0.3) is 5.69 Å². The highest BCUT2D eigenvalue weighted by Crippen LogP contribution is 2.56. The van der Waals surface area contributed by atoms with Crippen molar-refractivity contribution in [3.63, 3.8) is 0 Å². The summed E-state index contributed by atoms with van der Waals surface area (Å²) in [4.78, 5) is 0. The molecule has 0 spiro atoms. The average Bonchev–Trinajstić information content (AvgIpc) is 2.72. The van der Waals surface area contributed by atoms with Gasteiger partial charge >= 0.3 is 0 Å². The van der Waals surface area contributed by atoms with E-state index in [2.05, 4.69) is 24.2 Å². The fraction of sp³-hybridized carbons (Fsp3) is 0.385. The van der Waals surface area contributed by atoms with Gasteiger partial charge in [-0.2, -0.15) is 0 Å². The summed E-state index contributed by atoms with van der Waals surface area (Å²) in [5.41, 5.74) is 8.22. The van der Waals surface area contributed by atoms with Crippen LogP contribution in [0.15, 0.2) is 36.5 Å². The number of benzene rings is 1. The van der Waals surface area contributed by atoms with Crippen LogP contribution in [0, 0.1) is 5.41 Å². The summed E-state index contributed by atoms with van der Waals surface area (Å²) >= 11 is 0. The quantitative estimate of drug-likeness (QED) is 0.851. The lowest BCUT2D eigenvalue weighted by Crippen LogP contribution is -2.06. The molecular formula is C13H16N4. The van der Waals surface area contributed by atoms with Crippen molar-refractivity contribution >= 4 is 0 Å². The van der Waals surface area contributed by atoms with E-state index in [1.807, 2.05) is 36.5 Å². The molecule has 1 aliphatic carbocycles. The minimum absolute atomic E-state index is 0.150. The van der Waals surface area contributed by atoms with E-state index >= 15 is 0 Å². The van der Waals surface area contributed by atoms with E-state index in [0.717, 1.165) is 11.4 Å². The summed E-state index contributed by atoms with van der Waals surface area (Å²) in [6.07, 6.45) is 1.98. The summed E-state index contributed by atoms with van der Waals surface area (Å²) in [7, 11) is 0. The minimum atomic E-state index is 0.150. The maximum atomic E-state index is 6.05. The summed E-state index contributed by atoms with van der Waals surface area (Å²) in [6.45, 7) is 4.34. The third-order valence-corrected chi connectivity index (χ3v) is 3.76. The minimum Gasteiger partial charge on any atom is -0.327 e. The van der Waals surface area contributed by atoms with Crippen molar-refractivity contribution in [1.82, 2.24) is 15.0 Å². The Labute approximate surface area is 100 Å². The maximum absolute atomic E-state index is 6.05. The van der Waals surface area contributed by atoms with Crippen molar-refractivity contribution in [3.05, 3.63) is 42.2 Å². The van der Waals surface area contributed by atoms with Gasteiger partial charge in [-0.1, -0.05) is 37.3 Å². The molecule has 0 radical (unpaired) electrons. The normalized spacial score (nSPS) is 25.8. The molecule has 17 heavy (non-hydrogen) atoms. The predicted molar refractivity (Wildman–Crippen MR) is 65.9 cm³/mol. The molecule has 1 aromatic heterocycles. The van der Waals surface area contributed by atoms with E-state index in [1.54, 1.807) is 4.68 Å². The Morgan fingerprint density at radius 2 is 1.88 bits per heavy atom. The zero-order valence-electron chi connectivity index (χ0n) is 10.0. The fourth-order valence-corrected chi connectivity index (χ4v) is 2.37. The largest absolute Gasteiger partial charge is 0.327 e. The van der Waals surface area contributed by atoms with Gasteiger partial charge in [0.2, 0.25) is 0 Å². The number of hydrogen-bond donors (Lipinski definition) is 1. The van der Waals surface area contributed by atoms with Gasteiger partial charge in [-0.3, -0.25) is 0 Å². The first-order chi connectivity index (χ1) is 8.10. The molecule has 2 unspecified atom stereocenters. The predicted octanol–water partition coefficient (Wildman–Crippen LogP) is 1.72. The fourth-order valence-electron chi connectivity index (χ4n) is 2.37. The molecule has 0 aliphatic heterocycles. The van der Waals surface area contributed by atoms with Gasteiger partial charge in [-0.15, -0.1) is 5.10 Å². The van der Waals surface area contributed by atoms with E-state index < -0.39 is 0 Å². The van der Waals surface area contributed by atoms with Crippen LogP contribution in [0.2, 0.25) is 0 Å². The van der Waals surface area contributed by atoms with Crippen LogP contribution in [0.3, 0.4) is 0 Å². The SMILES string of the molecule is CC1(C)C(N)C1c1cn(-c2ccccc2)nn1. The highest BCUT2D eigenvalue weighted by atomic mass is 15.4. The van der Waals surface area contributed by atoms with Crippen molar-refractivity contribution in [1.29, 1.82) is 0 Å². The van der Waals surface area contributed by atoms with E-state index in [4.69, 9.17) is 5.73 Å². The maximum Gasteiger partial charge on any atom is 0.0884 e. The number of rotatable bonds is 2. The van der Waals surface area contributed by atoms with Gasteiger partial charge in [0.1, 0.15) is 0 Å². The number of para-hydroxylation sites is 1. The van der Waals surface area contributed by atoms with Gasteiger partial charge in [-0.25, -0.2) is 4.68 Å². The molecule has 3 rings (SSSR count). The Hall–Kier alpha value is -1.68. The molecule has 1 aliphatic rings. The van der Waals surface area contributed by atoms with Gasteiger partial charge in [0.15, 0.2) is 0 Å². The van der Waals surface area contributed by atoms with Crippen molar-refractivity contribution in [2.75, 3.05) is 0 Å². The van der Waals surface area contributed by atoms with Crippen LogP contribution in [0.5, 0.6) is 0 Å². The van der Waals surface area contributed by atoms with E-state index in [1.165, 1.54) is 0 Å². The number of nitrogens with zero attached hydrogens (tertiary/aromatic N) is 3. The average molecular weight is 228 g/mol. The number of aromatic nitrogens is 3. The van der Waals surface area contributed by atoms with Crippen LogP contribution in [0.4, 0.5) is 0 Å². The Balaban J connectivity index is 1.90. The molecule has 2 aromatic rings. The molecule has 1 heterocycles. The summed E-state index contributed by atoms with van der Waals surface area (Å²) < 4.78 is 1.80. The molecule has 0 bridgehead atoms. The van der Waals surface area contributed by atoms with Gasteiger partial charge in [-0.05, 0) is 17.5 Å². The molecule has 2 N–H and O–H groups in total. The van der Waals surface area contributed by atoms with Crippen molar-refractivity contribution in [2.45, 2.75) is 25.8 Å². The van der Waals surface area contributed by atoms with E-state index in [-0.39, 0.29) is 11.5 Å². The number of hydrogen-bond acceptors (Lipinski definition) is 3. The Kier molecular flexibility index (Phi) is 2.10. The molecule has 88 valence electrons. The summed E-state index contributed by atoms with van der Waals surface area (Å²) in [6, 6.07) is 10.2. The second-order valence-electron chi connectivity index (χ2n) is 5.25. The first kappa shape index (κ1) is 10.5. The van der Waals surface area contributed by atoms with Crippen LogP contribution >= 0.6 is 0 Å². The molecule has 1 fully saturated rings. The molecule has 0 amide bonds. The number of nitrogens with two attached hydrogens (primary N) is 1. The lowest BCUT2D eigenvalue weighted by Gasteiger charge is -1.98. The van der Waals surface area contributed by atoms with Crippen molar-refractivity contribution < 1.29 is 0 Å². The van der Waals surface area contributed by atoms with E-state index in [0.29, 0.717) is 5.92 Å². The third-order valence-electron chi connectivity index (χ3n) is 3.76. The van der Waals surface area contributed by atoms with Gasteiger partial charge < -0.3 is 5.73 Å². The molecular weight excluding hydrogens is 212 g/mol. The van der Waals surface area contributed by atoms with Gasteiger partial charge in [0, 0.05) is 12.0 Å². The Morgan fingerprint density at radius 1 is 1.24 bits per heavy atom. The van der Waals surface area contributed by atoms with Crippen LogP contribution in [0.1, 0.15) is 25.5 Å². The van der Waals surface area contributed by atoms with Crippen LogP contribution < -0.4 is 5.73 Å². The molecule has 4 nitrogen and oxygen atoms in total. The molecule has 0 saturated heterocycles. The smallest absolute Gasteiger partial charge is 0.0884 e. The summed E-state index contributed by atoms with van der Waals surface area (Å²) in [5, 5.41) is 8.39. The second kappa shape index (κ2) is 3.40. The highest BCUT2D eigenvalue weighted by Gasteiger charge is 2.57. The van der Waals surface area contributed by atoms with Gasteiger partial charge in [0.05, 0.1) is 17.6 Å². The second-order valence-corrected chi connectivity index (χ2v) is 5.25. The third kappa shape index (κ3) is 1.56.